The summed E-state index contributed by atoms with van der Waals surface area (Å²) in [7, 11) is 1.54. The third-order valence-electron chi connectivity index (χ3n) is 3.63. The van der Waals surface area contributed by atoms with E-state index >= 15 is 0 Å². The van der Waals surface area contributed by atoms with Crippen LogP contribution in [0.15, 0.2) is 41.8 Å². The Balaban J connectivity index is 1.70. The van der Waals surface area contributed by atoms with Crippen LogP contribution in [0.25, 0.3) is 0 Å². The summed E-state index contributed by atoms with van der Waals surface area (Å²) < 4.78 is 30.2. The highest BCUT2D eigenvalue weighted by atomic mass is 35.5. The summed E-state index contributed by atoms with van der Waals surface area (Å²) in [6.07, 6.45) is 3.60. The van der Waals surface area contributed by atoms with E-state index in [0.29, 0.717) is 22.5 Å². The Morgan fingerprint density at radius 2 is 1.92 bits per heavy atom. The normalized spacial score (nSPS) is 11.9. The lowest BCUT2D eigenvalue weighted by molar-refractivity contribution is 0.00417. The summed E-state index contributed by atoms with van der Waals surface area (Å²) in [5, 5.41) is 8.56. The molecule has 0 fully saturated rings. The Kier molecular flexibility index (Phi) is 5.10. The van der Waals surface area contributed by atoms with Gasteiger partial charge in [-0.1, -0.05) is 35.5 Å². The van der Waals surface area contributed by atoms with Crippen molar-refractivity contribution in [3.63, 3.8) is 0 Å². The predicted molar refractivity (Wildman–Crippen MR) is 92.9 cm³/mol. The van der Waals surface area contributed by atoms with Crippen molar-refractivity contribution in [3.8, 4) is 0 Å². The molecule has 0 saturated heterocycles. The van der Waals surface area contributed by atoms with Crippen molar-refractivity contribution in [2.45, 2.75) is 30.3 Å². The van der Waals surface area contributed by atoms with Crippen molar-refractivity contribution in [1.82, 2.24) is 24.3 Å². The minimum absolute atomic E-state index is 0.348. The first-order valence-corrected chi connectivity index (χ1v) is 8.86. The molecule has 0 aliphatic heterocycles. The van der Waals surface area contributed by atoms with E-state index < -0.39 is 5.92 Å². The van der Waals surface area contributed by atoms with Gasteiger partial charge in [-0.05, 0) is 17.7 Å². The van der Waals surface area contributed by atoms with Crippen LogP contribution in [-0.2, 0) is 25.3 Å². The largest absolute Gasteiger partial charge is 0.330 e. The molecule has 3 aromatic rings. The van der Waals surface area contributed by atoms with Gasteiger partial charge in [-0.2, -0.15) is 8.78 Å². The van der Waals surface area contributed by atoms with Crippen LogP contribution in [-0.4, -0.2) is 24.3 Å². The van der Waals surface area contributed by atoms with Crippen LogP contribution in [0.5, 0.6) is 0 Å². The van der Waals surface area contributed by atoms with Gasteiger partial charge in [-0.15, -0.1) is 10.2 Å². The first-order chi connectivity index (χ1) is 11.8. The first-order valence-electron chi connectivity index (χ1n) is 7.49. The highest BCUT2D eigenvalue weighted by Crippen LogP contribution is 2.28. The lowest BCUT2D eigenvalue weighted by Crippen LogP contribution is -2.14. The Bertz CT molecular complexity index is 854. The predicted octanol–water partition coefficient (Wildman–Crippen LogP) is 4.12. The van der Waals surface area contributed by atoms with Crippen molar-refractivity contribution in [2.75, 3.05) is 0 Å². The molecule has 5 nitrogen and oxygen atoms in total. The Morgan fingerprint density at radius 1 is 1.20 bits per heavy atom. The SMILES string of the molecule is Cn1c(SCc2nccn2Cc2ccc(Cl)cc2)nnc1C(C)(F)F. The van der Waals surface area contributed by atoms with Gasteiger partial charge in [0, 0.05) is 37.9 Å². The summed E-state index contributed by atoms with van der Waals surface area (Å²) in [4.78, 5) is 4.34. The maximum Gasteiger partial charge on any atom is 0.304 e. The highest BCUT2D eigenvalue weighted by Gasteiger charge is 2.31. The molecule has 0 bridgehead atoms. The van der Waals surface area contributed by atoms with E-state index in [2.05, 4.69) is 15.2 Å². The molecule has 2 aromatic heterocycles. The number of rotatable bonds is 6. The van der Waals surface area contributed by atoms with Crippen molar-refractivity contribution in [2.24, 2.45) is 7.05 Å². The molecule has 0 saturated carbocycles. The van der Waals surface area contributed by atoms with Gasteiger partial charge in [0.05, 0.1) is 5.75 Å². The minimum Gasteiger partial charge on any atom is -0.330 e. The fourth-order valence-electron chi connectivity index (χ4n) is 2.36. The van der Waals surface area contributed by atoms with Crippen molar-refractivity contribution < 1.29 is 8.78 Å². The number of nitrogens with zero attached hydrogens (tertiary/aromatic N) is 5. The number of aromatic nitrogens is 5. The molecule has 0 atom stereocenters. The van der Waals surface area contributed by atoms with Gasteiger partial charge in [-0.25, -0.2) is 4.98 Å². The average molecular weight is 384 g/mol. The fourth-order valence-corrected chi connectivity index (χ4v) is 3.37. The third kappa shape index (κ3) is 4.19. The monoisotopic (exact) mass is 383 g/mol. The quantitative estimate of drug-likeness (QED) is 0.601. The van der Waals surface area contributed by atoms with E-state index in [1.165, 1.54) is 23.4 Å². The zero-order valence-electron chi connectivity index (χ0n) is 13.7. The number of hydrogen-bond donors (Lipinski definition) is 0. The second kappa shape index (κ2) is 7.13. The number of benzene rings is 1. The zero-order chi connectivity index (χ0) is 18.0. The van der Waals surface area contributed by atoms with Gasteiger partial charge in [0.2, 0.25) is 5.82 Å². The number of imidazole rings is 1. The summed E-state index contributed by atoms with van der Waals surface area (Å²) >= 11 is 7.22. The van der Waals surface area contributed by atoms with Gasteiger partial charge >= 0.3 is 5.92 Å². The van der Waals surface area contributed by atoms with Gasteiger partial charge in [0.15, 0.2) is 5.16 Å². The van der Waals surface area contributed by atoms with Crippen LogP contribution in [0.3, 0.4) is 0 Å². The zero-order valence-corrected chi connectivity index (χ0v) is 15.2. The molecule has 9 heteroatoms. The van der Waals surface area contributed by atoms with E-state index in [9.17, 15) is 8.78 Å². The molecule has 3 rings (SSSR count). The van der Waals surface area contributed by atoms with E-state index in [1.54, 1.807) is 6.20 Å². The van der Waals surface area contributed by atoms with E-state index in [-0.39, 0.29) is 5.82 Å². The van der Waals surface area contributed by atoms with Crippen LogP contribution in [0.4, 0.5) is 8.78 Å². The molecular formula is C16H16ClF2N5S. The van der Waals surface area contributed by atoms with Crippen molar-refractivity contribution >= 4 is 23.4 Å². The number of thioether (sulfide) groups is 1. The average Bonchev–Trinajstić information content (AvgIpc) is 3.13. The van der Waals surface area contributed by atoms with Crippen LogP contribution in [0, 0.1) is 0 Å². The van der Waals surface area contributed by atoms with Gasteiger partial charge < -0.3 is 9.13 Å². The van der Waals surface area contributed by atoms with Crippen molar-refractivity contribution in [3.05, 3.63) is 58.9 Å². The van der Waals surface area contributed by atoms with Crippen LogP contribution in [0.2, 0.25) is 5.02 Å². The topological polar surface area (TPSA) is 48.5 Å². The lowest BCUT2D eigenvalue weighted by atomic mass is 10.2. The second-order valence-electron chi connectivity index (χ2n) is 5.64. The lowest BCUT2D eigenvalue weighted by Gasteiger charge is -2.10. The molecule has 0 aliphatic carbocycles. The fraction of sp³-hybridized carbons (Fsp3) is 0.312. The first kappa shape index (κ1) is 17.9. The third-order valence-corrected chi connectivity index (χ3v) is 4.89. The van der Waals surface area contributed by atoms with Crippen LogP contribution in [0.1, 0.15) is 24.1 Å². The van der Waals surface area contributed by atoms with Gasteiger partial charge in [0.1, 0.15) is 5.82 Å². The van der Waals surface area contributed by atoms with E-state index in [4.69, 9.17) is 11.6 Å². The molecule has 0 spiro atoms. The number of hydrogen-bond acceptors (Lipinski definition) is 4. The minimum atomic E-state index is -3.02. The maximum atomic E-state index is 13.4. The van der Waals surface area contributed by atoms with E-state index in [0.717, 1.165) is 18.3 Å². The van der Waals surface area contributed by atoms with Crippen LogP contribution < -0.4 is 0 Å². The molecule has 132 valence electrons. The second-order valence-corrected chi connectivity index (χ2v) is 7.02. The highest BCUT2D eigenvalue weighted by molar-refractivity contribution is 7.98. The van der Waals surface area contributed by atoms with Crippen LogP contribution >= 0.6 is 23.4 Å². The molecule has 0 N–H and O–H groups in total. The van der Waals surface area contributed by atoms with Gasteiger partial charge in [-0.3, -0.25) is 0 Å². The molecule has 2 heterocycles. The molecule has 0 radical (unpaired) electrons. The summed E-state index contributed by atoms with van der Waals surface area (Å²) in [6.45, 7) is 1.47. The van der Waals surface area contributed by atoms with E-state index in [1.807, 2.05) is 35.0 Å². The molecular weight excluding hydrogens is 368 g/mol. The Morgan fingerprint density at radius 3 is 2.56 bits per heavy atom. The van der Waals surface area contributed by atoms with Gasteiger partial charge in [0.25, 0.3) is 0 Å². The molecule has 0 aliphatic rings. The standard InChI is InChI=1S/C16H16ClF2N5S/c1-16(18,19)14-21-22-15(23(14)2)25-10-13-20-7-8-24(13)9-11-3-5-12(17)6-4-11/h3-8H,9-10H2,1-2H3. The Labute approximate surface area is 153 Å². The number of halogens is 3. The molecule has 1 aromatic carbocycles. The summed E-state index contributed by atoms with van der Waals surface area (Å²) in [5.74, 6) is -2.04. The molecule has 0 unspecified atom stereocenters. The molecule has 25 heavy (non-hydrogen) atoms. The Hall–Kier alpha value is -1.93. The molecule has 0 amide bonds. The number of alkyl halides is 2. The summed E-state index contributed by atoms with van der Waals surface area (Å²) in [5.41, 5.74) is 1.10. The summed E-state index contributed by atoms with van der Waals surface area (Å²) in [6, 6.07) is 7.59. The smallest absolute Gasteiger partial charge is 0.304 e. The maximum absolute atomic E-state index is 13.4. The van der Waals surface area contributed by atoms with Crippen molar-refractivity contribution in [1.29, 1.82) is 0 Å².